The molecule has 1 saturated heterocycles. The number of anilines is 1. The van der Waals surface area contributed by atoms with Crippen LogP contribution in [0.3, 0.4) is 0 Å². The minimum Gasteiger partial charge on any atom is -0.350 e. The fraction of sp³-hybridized carbons (Fsp3) is 0.435. The van der Waals surface area contributed by atoms with Gasteiger partial charge in [0.25, 0.3) is 0 Å². The van der Waals surface area contributed by atoms with Crippen molar-refractivity contribution in [3.8, 4) is 0 Å². The van der Waals surface area contributed by atoms with Crippen LogP contribution in [0.4, 0.5) is 5.69 Å². The van der Waals surface area contributed by atoms with Crippen LogP contribution in [0.1, 0.15) is 36.5 Å². The number of benzene rings is 2. The molecule has 1 N–H and O–H groups in total. The Hall–Kier alpha value is -2.38. The third-order valence-corrected chi connectivity index (χ3v) is 6.78. The summed E-state index contributed by atoms with van der Waals surface area (Å²) in [6, 6.07) is 14.4. The van der Waals surface area contributed by atoms with Gasteiger partial charge in [-0.1, -0.05) is 42.0 Å². The zero-order valence-corrected chi connectivity index (χ0v) is 18.8. The first kappa shape index (κ1) is 22.3. The van der Waals surface area contributed by atoms with E-state index in [0.717, 1.165) is 37.0 Å². The van der Waals surface area contributed by atoms with Gasteiger partial charge < -0.3 is 5.32 Å². The molecule has 0 saturated carbocycles. The first-order chi connectivity index (χ1) is 14.3. The summed E-state index contributed by atoms with van der Waals surface area (Å²) < 4.78 is 26.0. The summed E-state index contributed by atoms with van der Waals surface area (Å²) in [6.07, 6.45) is 3.59. The Balaban J connectivity index is 1.71. The maximum absolute atomic E-state index is 12.9. The van der Waals surface area contributed by atoms with Crippen LogP contribution in [0.15, 0.2) is 48.5 Å². The Bertz CT molecular complexity index is 967. The Morgan fingerprint density at radius 3 is 2.27 bits per heavy atom. The van der Waals surface area contributed by atoms with Gasteiger partial charge in [0.15, 0.2) is 0 Å². The van der Waals surface area contributed by atoms with Crippen molar-refractivity contribution in [2.45, 2.75) is 45.8 Å². The van der Waals surface area contributed by atoms with Crippen LogP contribution in [-0.4, -0.2) is 44.6 Å². The highest BCUT2D eigenvalue weighted by atomic mass is 32.2. The quantitative estimate of drug-likeness (QED) is 0.700. The molecule has 7 heteroatoms. The largest absolute Gasteiger partial charge is 0.350 e. The molecule has 1 amide bonds. The minimum absolute atomic E-state index is 0.322. The molecule has 0 bridgehead atoms. The van der Waals surface area contributed by atoms with Gasteiger partial charge in [-0.2, -0.15) is 0 Å². The van der Waals surface area contributed by atoms with Crippen LogP contribution in [-0.2, 0) is 27.9 Å². The third-order valence-electron chi connectivity index (χ3n) is 5.54. The Morgan fingerprint density at radius 1 is 1.07 bits per heavy atom. The normalized spacial score (nSPS) is 15.7. The summed E-state index contributed by atoms with van der Waals surface area (Å²) in [5, 5.41) is 2.93. The average Bonchev–Trinajstić information content (AvgIpc) is 3.21. The molecule has 3 rings (SSSR count). The Kier molecular flexibility index (Phi) is 7.15. The molecule has 2 aromatic rings. The SMILES string of the molecule is Cc1ccc(N([C@H](C)C(=O)NCc2ccccc2CN2CCCC2)S(C)(=O)=O)cc1. The summed E-state index contributed by atoms with van der Waals surface area (Å²) >= 11 is 0. The second-order valence-corrected chi connectivity index (χ2v) is 9.90. The first-order valence-electron chi connectivity index (χ1n) is 10.4. The van der Waals surface area contributed by atoms with E-state index in [1.54, 1.807) is 19.1 Å². The molecule has 2 aromatic carbocycles. The number of nitrogens with one attached hydrogen (secondary N) is 1. The van der Waals surface area contributed by atoms with Gasteiger partial charge in [0.05, 0.1) is 11.9 Å². The number of carbonyl (C=O) groups is 1. The maximum Gasteiger partial charge on any atom is 0.243 e. The number of sulfonamides is 1. The second-order valence-electron chi connectivity index (χ2n) is 8.04. The van der Waals surface area contributed by atoms with E-state index < -0.39 is 16.1 Å². The fourth-order valence-electron chi connectivity index (χ4n) is 3.90. The summed E-state index contributed by atoms with van der Waals surface area (Å²) in [4.78, 5) is 15.3. The summed E-state index contributed by atoms with van der Waals surface area (Å²) in [5.74, 6) is -0.322. The van der Waals surface area contributed by atoms with E-state index in [9.17, 15) is 13.2 Å². The lowest BCUT2D eigenvalue weighted by Gasteiger charge is -2.28. The van der Waals surface area contributed by atoms with E-state index in [2.05, 4.69) is 16.3 Å². The smallest absolute Gasteiger partial charge is 0.243 e. The van der Waals surface area contributed by atoms with Crippen molar-refractivity contribution in [2.75, 3.05) is 23.7 Å². The van der Waals surface area contributed by atoms with Crippen molar-refractivity contribution in [2.24, 2.45) is 0 Å². The van der Waals surface area contributed by atoms with Gasteiger partial charge in [0.1, 0.15) is 6.04 Å². The number of likely N-dealkylation sites (tertiary alicyclic amines) is 1. The van der Waals surface area contributed by atoms with Crippen molar-refractivity contribution in [3.05, 3.63) is 65.2 Å². The van der Waals surface area contributed by atoms with Gasteiger partial charge in [-0.3, -0.25) is 14.0 Å². The fourth-order valence-corrected chi connectivity index (χ4v) is 5.07. The molecule has 1 heterocycles. The molecule has 1 atom stereocenters. The van der Waals surface area contributed by atoms with E-state index in [-0.39, 0.29) is 5.91 Å². The molecule has 162 valence electrons. The zero-order valence-electron chi connectivity index (χ0n) is 18.0. The monoisotopic (exact) mass is 429 g/mol. The van der Waals surface area contributed by atoms with Crippen molar-refractivity contribution in [1.82, 2.24) is 10.2 Å². The van der Waals surface area contributed by atoms with Crippen molar-refractivity contribution < 1.29 is 13.2 Å². The number of carbonyl (C=O) groups excluding carboxylic acids is 1. The lowest BCUT2D eigenvalue weighted by molar-refractivity contribution is -0.122. The predicted octanol–water partition coefficient (Wildman–Crippen LogP) is 3.06. The highest BCUT2D eigenvalue weighted by Crippen LogP contribution is 2.22. The molecule has 0 spiro atoms. The van der Waals surface area contributed by atoms with Crippen LogP contribution in [0.25, 0.3) is 0 Å². The van der Waals surface area contributed by atoms with Gasteiger partial charge in [0.2, 0.25) is 15.9 Å². The topological polar surface area (TPSA) is 69.7 Å². The first-order valence-corrected chi connectivity index (χ1v) is 12.2. The van der Waals surface area contributed by atoms with Gasteiger partial charge in [-0.05, 0) is 63.0 Å². The van der Waals surface area contributed by atoms with E-state index in [4.69, 9.17) is 0 Å². The Morgan fingerprint density at radius 2 is 1.67 bits per heavy atom. The molecule has 6 nitrogen and oxygen atoms in total. The number of nitrogens with zero attached hydrogens (tertiary/aromatic N) is 2. The number of hydrogen-bond donors (Lipinski definition) is 1. The molecule has 0 aromatic heterocycles. The number of amides is 1. The highest BCUT2D eigenvalue weighted by molar-refractivity contribution is 7.92. The summed E-state index contributed by atoms with van der Waals surface area (Å²) in [6.45, 7) is 7.02. The van der Waals surface area contributed by atoms with Gasteiger partial charge in [0, 0.05) is 13.1 Å². The predicted molar refractivity (Wildman–Crippen MR) is 121 cm³/mol. The number of rotatable bonds is 8. The van der Waals surface area contributed by atoms with Crippen LogP contribution >= 0.6 is 0 Å². The number of aryl methyl sites for hydroxylation is 1. The molecule has 1 fully saturated rings. The molecule has 0 unspecified atom stereocenters. The second kappa shape index (κ2) is 9.62. The third kappa shape index (κ3) is 5.61. The lowest BCUT2D eigenvalue weighted by Crippen LogP contribution is -2.47. The van der Waals surface area contributed by atoms with Gasteiger partial charge >= 0.3 is 0 Å². The molecular weight excluding hydrogens is 398 g/mol. The molecule has 1 aliphatic rings. The zero-order chi connectivity index (χ0) is 21.7. The molecule has 0 radical (unpaired) electrons. The van der Waals surface area contributed by atoms with E-state index in [0.29, 0.717) is 12.2 Å². The van der Waals surface area contributed by atoms with Gasteiger partial charge in [-0.15, -0.1) is 0 Å². The molecule has 0 aliphatic carbocycles. The Labute approximate surface area is 179 Å². The molecule has 1 aliphatic heterocycles. The van der Waals surface area contributed by atoms with Crippen LogP contribution in [0.5, 0.6) is 0 Å². The van der Waals surface area contributed by atoms with E-state index in [1.807, 2.05) is 37.3 Å². The lowest BCUT2D eigenvalue weighted by atomic mass is 10.1. The standard InChI is InChI=1S/C23H31N3O3S/c1-18-10-12-22(13-11-18)26(30(3,28)29)19(2)23(27)24-16-20-8-4-5-9-21(20)17-25-14-6-7-15-25/h4-5,8-13,19H,6-7,14-17H2,1-3H3,(H,24,27)/t19-/m1/s1. The molecule has 30 heavy (non-hydrogen) atoms. The van der Waals surface area contributed by atoms with Crippen LogP contribution in [0, 0.1) is 6.92 Å². The highest BCUT2D eigenvalue weighted by Gasteiger charge is 2.29. The van der Waals surface area contributed by atoms with E-state index >= 15 is 0 Å². The minimum atomic E-state index is -3.62. The maximum atomic E-state index is 12.9. The van der Waals surface area contributed by atoms with Crippen molar-refractivity contribution in [1.29, 1.82) is 0 Å². The van der Waals surface area contributed by atoms with Crippen LogP contribution < -0.4 is 9.62 Å². The van der Waals surface area contributed by atoms with Gasteiger partial charge in [-0.25, -0.2) is 8.42 Å². The van der Waals surface area contributed by atoms with Crippen LogP contribution in [0.2, 0.25) is 0 Å². The van der Waals surface area contributed by atoms with Crippen molar-refractivity contribution in [3.63, 3.8) is 0 Å². The summed E-state index contributed by atoms with van der Waals surface area (Å²) in [7, 11) is -3.62. The molecular formula is C23H31N3O3S. The number of hydrogen-bond acceptors (Lipinski definition) is 4. The van der Waals surface area contributed by atoms with E-state index in [1.165, 1.54) is 22.7 Å². The summed E-state index contributed by atoms with van der Waals surface area (Å²) in [5.41, 5.74) is 3.77. The van der Waals surface area contributed by atoms with Crippen molar-refractivity contribution >= 4 is 21.6 Å². The average molecular weight is 430 g/mol.